The minimum absolute atomic E-state index is 0.0178. The molecule has 0 unspecified atom stereocenters. The van der Waals surface area contributed by atoms with Crippen LogP contribution in [-0.4, -0.2) is 25.2 Å². The van der Waals surface area contributed by atoms with E-state index in [0.29, 0.717) is 11.4 Å². The second kappa shape index (κ2) is 5.44. The minimum atomic E-state index is -0.431. The summed E-state index contributed by atoms with van der Waals surface area (Å²) in [5.74, 6) is 0. The average Bonchev–Trinajstić information content (AvgIpc) is 3.14. The van der Waals surface area contributed by atoms with Crippen LogP contribution < -0.4 is 11.1 Å². The van der Waals surface area contributed by atoms with Crippen LogP contribution in [0.4, 0.5) is 17.1 Å². The van der Waals surface area contributed by atoms with Crippen LogP contribution in [0, 0.1) is 15.5 Å². The lowest BCUT2D eigenvalue weighted by molar-refractivity contribution is -0.384. The zero-order valence-corrected chi connectivity index (χ0v) is 11.0. The molecule has 6 heteroatoms. The Kier molecular flexibility index (Phi) is 3.90. The Hall–Kier alpha value is -1.82. The van der Waals surface area contributed by atoms with Crippen LogP contribution in [0.25, 0.3) is 0 Å². The molecule has 1 aliphatic carbocycles. The summed E-state index contributed by atoms with van der Waals surface area (Å²) >= 11 is 0. The Labute approximate surface area is 112 Å². The lowest BCUT2D eigenvalue weighted by Crippen LogP contribution is -2.17. The van der Waals surface area contributed by atoms with Crippen molar-refractivity contribution in [3.05, 3.63) is 28.3 Å². The molecule has 0 heterocycles. The van der Waals surface area contributed by atoms with Crippen LogP contribution in [-0.2, 0) is 4.74 Å². The number of nitrogen functional groups attached to an aromatic ring is 1. The molecule has 0 atom stereocenters. The van der Waals surface area contributed by atoms with Crippen LogP contribution in [0.15, 0.2) is 18.2 Å². The van der Waals surface area contributed by atoms with Crippen molar-refractivity contribution < 1.29 is 9.66 Å². The van der Waals surface area contributed by atoms with Crippen LogP contribution in [0.1, 0.15) is 19.3 Å². The number of rotatable bonds is 7. The summed E-state index contributed by atoms with van der Waals surface area (Å²) in [7, 11) is 1.70. The number of anilines is 2. The summed E-state index contributed by atoms with van der Waals surface area (Å²) in [6, 6.07) is 4.60. The minimum Gasteiger partial charge on any atom is -0.398 e. The normalized spacial score (nSPS) is 16.1. The number of hydrogen-bond acceptors (Lipinski definition) is 5. The summed E-state index contributed by atoms with van der Waals surface area (Å²) in [5, 5.41) is 14.0. The molecular weight excluding hydrogens is 246 g/mol. The van der Waals surface area contributed by atoms with Gasteiger partial charge in [-0.15, -0.1) is 0 Å². The summed E-state index contributed by atoms with van der Waals surface area (Å²) < 4.78 is 5.10. The first-order valence-corrected chi connectivity index (χ1v) is 6.32. The quantitative estimate of drug-likeness (QED) is 0.449. The van der Waals surface area contributed by atoms with E-state index in [1.54, 1.807) is 13.2 Å². The lowest BCUT2D eigenvalue weighted by Gasteiger charge is -2.16. The molecule has 0 spiro atoms. The molecule has 0 saturated heterocycles. The lowest BCUT2D eigenvalue weighted by atomic mass is 10.0. The van der Waals surface area contributed by atoms with E-state index in [1.165, 1.54) is 25.0 Å². The van der Waals surface area contributed by atoms with Gasteiger partial charge in [-0.1, -0.05) is 0 Å². The van der Waals surface area contributed by atoms with Gasteiger partial charge in [0, 0.05) is 43.8 Å². The maximum Gasteiger partial charge on any atom is 0.273 e. The highest BCUT2D eigenvalue weighted by molar-refractivity contribution is 5.61. The number of nitro groups is 1. The van der Waals surface area contributed by atoms with Gasteiger partial charge in [0.25, 0.3) is 5.69 Å². The smallest absolute Gasteiger partial charge is 0.273 e. The summed E-state index contributed by atoms with van der Waals surface area (Å²) in [4.78, 5) is 10.3. The first-order chi connectivity index (χ1) is 9.04. The molecular formula is C13H19N3O3. The van der Waals surface area contributed by atoms with E-state index >= 15 is 0 Å². The summed E-state index contributed by atoms with van der Waals surface area (Å²) in [5.41, 5.74) is 7.08. The number of ether oxygens (including phenoxy) is 1. The van der Waals surface area contributed by atoms with Crippen molar-refractivity contribution in [1.29, 1.82) is 0 Å². The Morgan fingerprint density at radius 2 is 2.21 bits per heavy atom. The number of benzene rings is 1. The highest BCUT2D eigenvalue weighted by Gasteiger charge is 2.41. The van der Waals surface area contributed by atoms with Crippen molar-refractivity contribution in [2.75, 3.05) is 31.3 Å². The molecule has 3 N–H and O–H groups in total. The highest BCUT2D eigenvalue weighted by atomic mass is 16.6. The Morgan fingerprint density at radius 3 is 2.79 bits per heavy atom. The topological polar surface area (TPSA) is 90.4 Å². The fourth-order valence-electron chi connectivity index (χ4n) is 2.14. The van der Waals surface area contributed by atoms with Crippen LogP contribution in [0.5, 0.6) is 0 Å². The summed E-state index contributed by atoms with van der Waals surface area (Å²) in [6.07, 6.45) is 3.36. The number of nitrogens with one attached hydrogen (secondary N) is 1. The number of nitro benzene ring substituents is 1. The van der Waals surface area contributed by atoms with Crippen molar-refractivity contribution in [1.82, 2.24) is 0 Å². The second-order valence-electron chi connectivity index (χ2n) is 5.17. The SMILES string of the molecule is COCCC1(CNc2cc(N)cc([N+](=O)[O-])c2)CC1. The van der Waals surface area contributed by atoms with Gasteiger partial charge in [-0.2, -0.15) is 0 Å². The second-order valence-corrected chi connectivity index (χ2v) is 5.17. The van der Waals surface area contributed by atoms with Gasteiger partial charge in [-0.05, 0) is 30.7 Å². The third-order valence-corrected chi connectivity index (χ3v) is 3.61. The third-order valence-electron chi connectivity index (χ3n) is 3.61. The predicted molar refractivity (Wildman–Crippen MR) is 74.2 cm³/mol. The first kappa shape index (κ1) is 13.6. The van der Waals surface area contributed by atoms with Gasteiger partial charge in [0.2, 0.25) is 0 Å². The molecule has 0 bridgehead atoms. The van der Waals surface area contributed by atoms with E-state index < -0.39 is 4.92 Å². The molecule has 6 nitrogen and oxygen atoms in total. The van der Waals surface area contributed by atoms with E-state index in [0.717, 1.165) is 19.6 Å². The van der Waals surface area contributed by atoms with Gasteiger partial charge in [0.15, 0.2) is 0 Å². The van der Waals surface area contributed by atoms with Crippen molar-refractivity contribution in [2.24, 2.45) is 5.41 Å². The zero-order valence-electron chi connectivity index (χ0n) is 11.0. The molecule has 0 aromatic heterocycles. The Bertz CT molecular complexity index is 472. The van der Waals surface area contributed by atoms with Crippen LogP contribution >= 0.6 is 0 Å². The van der Waals surface area contributed by atoms with E-state index in [9.17, 15) is 10.1 Å². The molecule has 2 rings (SSSR count). The standard InChI is InChI=1S/C13H19N3O3/c1-19-5-4-13(2-3-13)9-15-11-6-10(14)7-12(8-11)16(17)18/h6-8,15H,2-5,9,14H2,1H3. The van der Waals surface area contributed by atoms with Gasteiger partial charge in [0.1, 0.15) is 0 Å². The van der Waals surface area contributed by atoms with Gasteiger partial charge < -0.3 is 15.8 Å². The molecule has 1 aromatic carbocycles. The van der Waals surface area contributed by atoms with Crippen LogP contribution in [0.2, 0.25) is 0 Å². The largest absolute Gasteiger partial charge is 0.398 e. The number of methoxy groups -OCH3 is 1. The molecule has 1 fully saturated rings. The summed E-state index contributed by atoms with van der Waals surface area (Å²) in [6.45, 7) is 1.55. The fourth-order valence-corrected chi connectivity index (χ4v) is 2.14. The zero-order chi connectivity index (χ0) is 13.9. The third kappa shape index (κ3) is 3.57. The number of nitrogens with zero attached hydrogens (tertiary/aromatic N) is 1. The van der Waals surface area contributed by atoms with Crippen molar-refractivity contribution >= 4 is 17.1 Å². The Morgan fingerprint density at radius 1 is 1.47 bits per heavy atom. The van der Waals surface area contributed by atoms with E-state index in [-0.39, 0.29) is 11.1 Å². The number of non-ortho nitro benzene ring substituents is 1. The van der Waals surface area contributed by atoms with E-state index in [1.807, 2.05) is 0 Å². The average molecular weight is 265 g/mol. The van der Waals surface area contributed by atoms with Gasteiger partial charge in [-0.25, -0.2) is 0 Å². The molecule has 104 valence electrons. The maximum absolute atomic E-state index is 10.8. The van der Waals surface area contributed by atoms with E-state index in [2.05, 4.69) is 5.32 Å². The van der Waals surface area contributed by atoms with Crippen molar-refractivity contribution in [3.8, 4) is 0 Å². The van der Waals surface area contributed by atoms with Gasteiger partial charge >= 0.3 is 0 Å². The molecule has 0 amide bonds. The van der Waals surface area contributed by atoms with Crippen LogP contribution in [0.3, 0.4) is 0 Å². The molecule has 1 aromatic rings. The predicted octanol–water partition coefficient (Wildman–Crippen LogP) is 2.41. The fraction of sp³-hybridized carbons (Fsp3) is 0.538. The van der Waals surface area contributed by atoms with Crippen molar-refractivity contribution in [2.45, 2.75) is 19.3 Å². The highest BCUT2D eigenvalue weighted by Crippen LogP contribution is 2.48. The molecule has 0 aliphatic heterocycles. The van der Waals surface area contributed by atoms with Gasteiger partial charge in [0.05, 0.1) is 4.92 Å². The molecule has 1 aliphatic rings. The molecule has 0 radical (unpaired) electrons. The molecule has 19 heavy (non-hydrogen) atoms. The van der Waals surface area contributed by atoms with E-state index in [4.69, 9.17) is 10.5 Å². The number of nitrogens with two attached hydrogens (primary N) is 1. The number of hydrogen-bond donors (Lipinski definition) is 2. The monoisotopic (exact) mass is 265 g/mol. The van der Waals surface area contributed by atoms with Gasteiger partial charge in [-0.3, -0.25) is 10.1 Å². The first-order valence-electron chi connectivity index (χ1n) is 6.32. The Balaban J connectivity index is 1.98. The maximum atomic E-state index is 10.8. The molecule has 1 saturated carbocycles. The van der Waals surface area contributed by atoms with Crippen molar-refractivity contribution in [3.63, 3.8) is 0 Å².